The van der Waals surface area contributed by atoms with Gasteiger partial charge in [-0.2, -0.15) is 5.26 Å². The summed E-state index contributed by atoms with van der Waals surface area (Å²) in [5.74, 6) is 0.209. The van der Waals surface area contributed by atoms with E-state index in [0.29, 0.717) is 23.4 Å². The number of nitrogens with zero attached hydrogens (tertiary/aromatic N) is 3. The fourth-order valence-corrected chi connectivity index (χ4v) is 6.86. The molecule has 1 unspecified atom stereocenters. The van der Waals surface area contributed by atoms with Crippen molar-refractivity contribution in [2.24, 2.45) is 0 Å². The van der Waals surface area contributed by atoms with E-state index in [1.165, 1.54) is 0 Å². The molecule has 0 spiro atoms. The smallest absolute Gasteiger partial charge is 0.242 e. The Bertz CT molecular complexity index is 1770. The molecule has 0 saturated carbocycles. The summed E-state index contributed by atoms with van der Waals surface area (Å²) in [6.45, 7) is 0. The Morgan fingerprint density at radius 3 is 2.62 bits per heavy atom. The van der Waals surface area contributed by atoms with E-state index in [9.17, 15) is 18.5 Å². The molecule has 2 aromatic heterocycles. The van der Waals surface area contributed by atoms with Crippen molar-refractivity contribution in [2.45, 2.75) is 24.1 Å². The minimum Gasteiger partial charge on any atom is -0.351 e. The Hall–Kier alpha value is -4.27. The Kier molecular flexibility index (Phi) is 5.62. The number of nitrogens with one attached hydrogen (secondary N) is 3. The highest BCUT2D eigenvalue weighted by Gasteiger charge is 2.37. The van der Waals surface area contributed by atoms with Crippen molar-refractivity contribution in [1.82, 2.24) is 19.7 Å². The molecule has 1 saturated heterocycles. The topological polar surface area (TPSA) is 141 Å². The number of benzene rings is 3. The normalized spacial score (nSPS) is 17.5. The van der Waals surface area contributed by atoms with Crippen LogP contribution in [-0.2, 0) is 21.2 Å². The maximum absolute atomic E-state index is 12.2. The summed E-state index contributed by atoms with van der Waals surface area (Å²) >= 11 is 1.55. The van der Waals surface area contributed by atoms with Gasteiger partial charge in [0.05, 0.1) is 45.3 Å². The Morgan fingerprint density at radius 1 is 1.08 bits per heavy atom. The number of hydrogen-bond acceptors (Lipinski definition) is 8. The molecule has 184 valence electrons. The van der Waals surface area contributed by atoms with Crippen LogP contribution in [0.3, 0.4) is 0 Å². The van der Waals surface area contributed by atoms with E-state index in [-0.39, 0.29) is 12.5 Å². The molecular formula is C26H20N6O3S2. The lowest BCUT2D eigenvalue weighted by atomic mass is 10.0. The van der Waals surface area contributed by atoms with Crippen LogP contribution in [0.4, 0.5) is 5.13 Å². The van der Waals surface area contributed by atoms with Crippen LogP contribution in [0.5, 0.6) is 0 Å². The summed E-state index contributed by atoms with van der Waals surface area (Å²) in [7, 11) is -3.70. The number of anilines is 1. The summed E-state index contributed by atoms with van der Waals surface area (Å²) in [4.78, 5) is 24.5. The maximum atomic E-state index is 12.2. The van der Waals surface area contributed by atoms with Crippen molar-refractivity contribution in [3.05, 3.63) is 89.2 Å². The first-order valence-electron chi connectivity index (χ1n) is 11.5. The molecular weight excluding hydrogens is 508 g/mol. The van der Waals surface area contributed by atoms with E-state index in [1.54, 1.807) is 35.6 Å². The first-order chi connectivity index (χ1) is 17.9. The van der Waals surface area contributed by atoms with E-state index in [2.05, 4.69) is 21.1 Å². The molecule has 0 radical (unpaired) electrons. The molecule has 9 nitrogen and oxygen atoms in total. The number of hydrogen-bond donors (Lipinski definition) is 3. The second-order valence-corrected chi connectivity index (χ2v) is 11.8. The summed E-state index contributed by atoms with van der Waals surface area (Å²) in [5.41, 5.74) is 4.50. The number of aromatic amines is 1. The Morgan fingerprint density at radius 2 is 1.89 bits per heavy atom. The van der Waals surface area contributed by atoms with Gasteiger partial charge in [-0.25, -0.2) is 18.4 Å². The van der Waals surface area contributed by atoms with Gasteiger partial charge in [0.1, 0.15) is 11.1 Å². The average Bonchev–Trinajstić information content (AvgIpc) is 3.57. The van der Waals surface area contributed by atoms with Gasteiger partial charge in [-0.05, 0) is 47.9 Å². The van der Waals surface area contributed by atoms with Gasteiger partial charge < -0.3 is 10.3 Å². The third-order valence-electron chi connectivity index (χ3n) is 6.34. The highest BCUT2D eigenvalue weighted by atomic mass is 32.2. The molecule has 3 heterocycles. The molecule has 1 aliphatic heterocycles. The van der Waals surface area contributed by atoms with Crippen LogP contribution in [0.15, 0.2) is 66.7 Å². The van der Waals surface area contributed by atoms with E-state index < -0.39 is 21.2 Å². The Labute approximate surface area is 216 Å². The molecule has 1 amide bonds. The molecule has 3 N–H and O–H groups in total. The van der Waals surface area contributed by atoms with Crippen LogP contribution in [0, 0.1) is 11.3 Å². The molecule has 6 rings (SSSR count). The SMILES string of the molecule is N#Cc1ccc2nc([C@H](Cc3ccc(C4CC(=O)NS4(=O)=O)cc3)Nc3nc4ccccc4s3)[nH]c2c1. The largest absolute Gasteiger partial charge is 0.351 e. The summed E-state index contributed by atoms with van der Waals surface area (Å²) in [5, 5.41) is 12.6. The lowest BCUT2D eigenvalue weighted by molar-refractivity contribution is -0.118. The van der Waals surface area contributed by atoms with Crippen molar-refractivity contribution in [2.75, 3.05) is 5.32 Å². The zero-order valence-corrected chi connectivity index (χ0v) is 20.9. The molecule has 2 atom stereocenters. The number of imidazole rings is 1. The van der Waals surface area contributed by atoms with Crippen LogP contribution in [0.2, 0.25) is 0 Å². The van der Waals surface area contributed by atoms with Crippen molar-refractivity contribution in [1.29, 1.82) is 5.26 Å². The molecule has 3 aromatic carbocycles. The summed E-state index contributed by atoms with van der Waals surface area (Å²) in [6, 6.07) is 22.4. The van der Waals surface area contributed by atoms with Crippen LogP contribution in [-0.4, -0.2) is 29.3 Å². The quantitative estimate of drug-likeness (QED) is 0.298. The number of nitriles is 1. The fraction of sp³-hybridized carbons (Fsp3) is 0.154. The standard InChI is InChI=1S/C26H20N6O3S2/c27-14-16-7-10-18-20(12-16)29-25(28-18)21(31-26-30-19-3-1-2-4-22(19)36-26)11-15-5-8-17(9-6-15)23-13-24(33)32-37(23,34)35/h1-10,12,21,23H,11,13H2,(H,28,29)(H,30,31)(H,32,33)/t21-,23?/m0/s1. The molecule has 0 bridgehead atoms. The predicted octanol–water partition coefficient (Wildman–Crippen LogP) is 4.33. The van der Waals surface area contributed by atoms with Gasteiger partial charge >= 0.3 is 0 Å². The highest BCUT2D eigenvalue weighted by Crippen LogP contribution is 2.32. The first kappa shape index (κ1) is 23.1. The van der Waals surface area contributed by atoms with Crippen LogP contribution in [0.25, 0.3) is 21.3 Å². The zero-order chi connectivity index (χ0) is 25.6. The predicted molar refractivity (Wildman–Crippen MR) is 141 cm³/mol. The van der Waals surface area contributed by atoms with E-state index >= 15 is 0 Å². The summed E-state index contributed by atoms with van der Waals surface area (Å²) in [6.07, 6.45) is 0.461. The van der Waals surface area contributed by atoms with Crippen LogP contribution < -0.4 is 10.0 Å². The molecule has 11 heteroatoms. The number of fused-ring (bicyclic) bond motifs is 2. The average molecular weight is 529 g/mol. The molecule has 37 heavy (non-hydrogen) atoms. The van der Waals surface area contributed by atoms with Gasteiger partial charge in [0.15, 0.2) is 5.13 Å². The monoisotopic (exact) mass is 528 g/mol. The van der Waals surface area contributed by atoms with Crippen LogP contribution in [0.1, 0.15) is 40.2 Å². The van der Waals surface area contributed by atoms with Gasteiger partial charge in [0.25, 0.3) is 0 Å². The van der Waals surface area contributed by atoms with Crippen molar-refractivity contribution >= 4 is 53.6 Å². The van der Waals surface area contributed by atoms with E-state index in [1.807, 2.05) is 42.5 Å². The minimum atomic E-state index is -3.70. The second-order valence-electron chi connectivity index (χ2n) is 8.86. The number of rotatable bonds is 6. The van der Waals surface area contributed by atoms with Gasteiger partial charge in [0, 0.05) is 0 Å². The maximum Gasteiger partial charge on any atom is 0.242 e. The number of H-pyrrole nitrogens is 1. The third-order valence-corrected chi connectivity index (χ3v) is 9.01. The number of para-hydroxylation sites is 1. The van der Waals surface area contributed by atoms with Crippen LogP contribution >= 0.6 is 11.3 Å². The van der Waals surface area contributed by atoms with Crippen molar-refractivity contribution in [3.63, 3.8) is 0 Å². The van der Waals surface area contributed by atoms with Crippen molar-refractivity contribution < 1.29 is 13.2 Å². The van der Waals surface area contributed by atoms with Gasteiger partial charge in [0.2, 0.25) is 15.9 Å². The number of sulfonamides is 1. The molecule has 0 aliphatic carbocycles. The van der Waals surface area contributed by atoms with Crippen molar-refractivity contribution in [3.8, 4) is 6.07 Å². The lowest BCUT2D eigenvalue weighted by Crippen LogP contribution is -2.21. The molecule has 5 aromatic rings. The lowest BCUT2D eigenvalue weighted by Gasteiger charge is -2.17. The van der Waals surface area contributed by atoms with Gasteiger partial charge in [-0.1, -0.05) is 47.7 Å². The minimum absolute atomic E-state index is 0.0763. The fourth-order valence-electron chi connectivity index (χ4n) is 4.51. The van der Waals surface area contributed by atoms with E-state index in [0.717, 1.165) is 31.9 Å². The van der Waals surface area contributed by atoms with E-state index in [4.69, 9.17) is 9.97 Å². The number of carbonyl (C=O) groups excluding carboxylic acids is 1. The molecule has 1 aliphatic rings. The first-order valence-corrected chi connectivity index (χ1v) is 13.9. The van der Waals surface area contributed by atoms with Gasteiger partial charge in [-0.3, -0.25) is 9.52 Å². The number of aromatic nitrogens is 3. The number of amides is 1. The zero-order valence-electron chi connectivity index (χ0n) is 19.3. The second kappa shape index (κ2) is 8.99. The third kappa shape index (κ3) is 4.52. The van der Waals surface area contributed by atoms with Gasteiger partial charge in [-0.15, -0.1) is 0 Å². The highest BCUT2D eigenvalue weighted by molar-refractivity contribution is 7.90. The molecule has 1 fully saturated rings. The Balaban J connectivity index is 1.32. The number of carbonyl (C=O) groups is 1. The summed E-state index contributed by atoms with van der Waals surface area (Å²) < 4.78 is 27.6. The number of thiazole rings is 1.